The lowest BCUT2D eigenvalue weighted by atomic mass is 9.82. The number of carbonyl (C=O) groups is 4. The van der Waals surface area contributed by atoms with E-state index in [1.54, 1.807) is 24.3 Å². The van der Waals surface area contributed by atoms with Crippen molar-refractivity contribution in [1.82, 2.24) is 9.80 Å². The highest BCUT2D eigenvalue weighted by Crippen LogP contribution is 2.46. The number of nitrogens with zero attached hydrogens (tertiary/aromatic N) is 3. The van der Waals surface area contributed by atoms with E-state index in [0.29, 0.717) is 119 Å². The van der Waals surface area contributed by atoms with Gasteiger partial charge in [-0.25, -0.2) is 0 Å². The van der Waals surface area contributed by atoms with Crippen LogP contribution >= 0.6 is 0 Å². The van der Waals surface area contributed by atoms with E-state index in [1.165, 1.54) is 9.80 Å². The number of amides is 4. The standard InChI is InChI=1S/C47H58N3O10/c1-5-6-20-55-24-28-59-29-25-56-21-7-17-48-44(51)36-13-9-32-34-11-15-38-43-39(16-12-35(41(34)43)33-10-14-37(45(48)52)42(36)40(32)33)47(54)49(46(38)53)18-8-22-57-26-30-60-31-27-58-23-19-50(2,3)4/h9-16H,5-8,17-31H2,1-4H3/q+1. The van der Waals surface area contributed by atoms with Gasteiger partial charge in [-0.15, -0.1) is 0 Å². The van der Waals surface area contributed by atoms with Crippen LogP contribution in [-0.4, -0.2) is 158 Å². The molecule has 0 saturated heterocycles. The van der Waals surface area contributed by atoms with Gasteiger partial charge in [0.15, 0.2) is 0 Å². The van der Waals surface area contributed by atoms with Crippen LogP contribution in [0.3, 0.4) is 0 Å². The fourth-order valence-electron chi connectivity index (χ4n) is 8.09. The third-order valence-corrected chi connectivity index (χ3v) is 11.2. The van der Waals surface area contributed by atoms with Crippen molar-refractivity contribution in [2.75, 3.05) is 120 Å². The summed E-state index contributed by atoms with van der Waals surface area (Å²) in [5, 5.41) is 6.34. The van der Waals surface area contributed by atoms with Gasteiger partial charge in [-0.2, -0.15) is 0 Å². The number of ether oxygens (including phenoxy) is 6. The summed E-state index contributed by atoms with van der Waals surface area (Å²) >= 11 is 0. The summed E-state index contributed by atoms with van der Waals surface area (Å²) in [6.07, 6.45) is 3.14. The Balaban J connectivity index is 0.978. The third kappa shape index (κ3) is 9.32. The van der Waals surface area contributed by atoms with Crippen molar-refractivity contribution in [2.45, 2.75) is 32.6 Å². The minimum absolute atomic E-state index is 0.230. The molecule has 0 N–H and O–H groups in total. The summed E-state index contributed by atoms with van der Waals surface area (Å²) in [6, 6.07) is 14.9. The molecule has 0 saturated carbocycles. The Hall–Kier alpha value is -4.60. The lowest BCUT2D eigenvalue weighted by molar-refractivity contribution is -0.870. The van der Waals surface area contributed by atoms with E-state index in [0.717, 1.165) is 62.8 Å². The minimum Gasteiger partial charge on any atom is -0.379 e. The van der Waals surface area contributed by atoms with Crippen LogP contribution in [0.2, 0.25) is 0 Å². The summed E-state index contributed by atoms with van der Waals surface area (Å²) in [7, 11) is 6.38. The van der Waals surface area contributed by atoms with Gasteiger partial charge in [0, 0.05) is 65.9 Å². The van der Waals surface area contributed by atoms with Crippen molar-refractivity contribution in [3.63, 3.8) is 0 Å². The van der Waals surface area contributed by atoms with Crippen molar-refractivity contribution in [3.05, 3.63) is 70.8 Å². The van der Waals surface area contributed by atoms with Gasteiger partial charge in [-0.3, -0.25) is 29.0 Å². The van der Waals surface area contributed by atoms with Crippen LogP contribution in [0.25, 0.3) is 43.1 Å². The predicted octanol–water partition coefficient (Wildman–Crippen LogP) is 6.32. The Morgan fingerprint density at radius 3 is 1.02 bits per heavy atom. The van der Waals surface area contributed by atoms with Gasteiger partial charge in [0.25, 0.3) is 23.6 Å². The highest BCUT2D eigenvalue weighted by atomic mass is 16.5. The van der Waals surface area contributed by atoms with Crippen LogP contribution in [0.1, 0.15) is 74.0 Å². The molecule has 60 heavy (non-hydrogen) atoms. The Bertz CT molecular complexity index is 2220. The number of rotatable bonds is 26. The van der Waals surface area contributed by atoms with E-state index in [4.69, 9.17) is 28.4 Å². The summed E-state index contributed by atoms with van der Waals surface area (Å²) in [5.74, 6) is -1.33. The summed E-state index contributed by atoms with van der Waals surface area (Å²) in [4.78, 5) is 58.3. The average molecular weight is 825 g/mol. The molecule has 13 nitrogen and oxygen atoms in total. The highest BCUT2D eigenvalue weighted by Gasteiger charge is 2.36. The molecular formula is C47H58N3O10+. The van der Waals surface area contributed by atoms with Gasteiger partial charge in [-0.05, 0) is 75.8 Å². The smallest absolute Gasteiger partial charge is 0.261 e. The van der Waals surface area contributed by atoms with Crippen molar-refractivity contribution in [2.24, 2.45) is 0 Å². The van der Waals surface area contributed by atoms with E-state index in [-0.39, 0.29) is 36.7 Å². The van der Waals surface area contributed by atoms with Crippen LogP contribution in [0.4, 0.5) is 0 Å². The molecule has 13 heteroatoms. The number of imide groups is 2. The first kappa shape index (κ1) is 43.5. The van der Waals surface area contributed by atoms with Gasteiger partial charge in [0.1, 0.15) is 6.54 Å². The zero-order valence-electron chi connectivity index (χ0n) is 35.5. The monoisotopic (exact) mass is 824 g/mol. The van der Waals surface area contributed by atoms with Crippen LogP contribution in [0.15, 0.2) is 48.5 Å². The molecule has 0 bridgehead atoms. The number of hydrogen-bond donors (Lipinski definition) is 0. The molecule has 0 unspecified atom stereocenters. The molecule has 7 rings (SSSR count). The maximum atomic E-state index is 13.9. The Morgan fingerprint density at radius 2 is 0.700 bits per heavy atom. The maximum absolute atomic E-state index is 13.9. The first-order chi connectivity index (χ1) is 29.1. The normalized spacial score (nSPS) is 14.4. The molecule has 5 aromatic rings. The van der Waals surface area contributed by atoms with E-state index < -0.39 is 0 Å². The Kier molecular flexibility index (Phi) is 14.4. The van der Waals surface area contributed by atoms with E-state index >= 15 is 0 Å². The van der Waals surface area contributed by atoms with Crippen LogP contribution in [0.5, 0.6) is 0 Å². The molecule has 5 aromatic carbocycles. The molecule has 0 aromatic heterocycles. The van der Waals surface area contributed by atoms with E-state index in [9.17, 15) is 19.2 Å². The molecule has 0 radical (unpaired) electrons. The second kappa shape index (κ2) is 19.9. The number of unbranched alkanes of at least 4 members (excludes halogenated alkanes) is 1. The summed E-state index contributed by atoms with van der Waals surface area (Å²) in [6.45, 7) is 9.55. The third-order valence-electron chi connectivity index (χ3n) is 11.2. The Morgan fingerprint density at radius 1 is 0.400 bits per heavy atom. The lowest BCUT2D eigenvalue weighted by Gasteiger charge is -2.30. The van der Waals surface area contributed by atoms with Crippen LogP contribution < -0.4 is 0 Å². The quantitative estimate of drug-likeness (QED) is 0.0206. The van der Waals surface area contributed by atoms with E-state index in [1.807, 2.05) is 24.3 Å². The SMILES string of the molecule is CCCCOCCOCCOCCCN1C(=O)c2ccc3c4ccc5c6c(ccc(c7ccc(c2c37)C1=O)c64)C(=O)N(CCCOCCOCCOCC[N+](C)(C)C)C5=O. The summed E-state index contributed by atoms with van der Waals surface area (Å²) in [5.41, 5.74) is 1.90. The second-order valence-corrected chi connectivity index (χ2v) is 16.4. The Labute approximate surface area is 351 Å². The maximum Gasteiger partial charge on any atom is 0.261 e. The lowest BCUT2D eigenvalue weighted by Crippen LogP contribution is -2.41. The van der Waals surface area contributed by atoms with Crippen molar-refractivity contribution in [3.8, 4) is 0 Å². The second-order valence-electron chi connectivity index (χ2n) is 16.4. The molecule has 320 valence electrons. The number of hydrogen-bond acceptors (Lipinski definition) is 10. The molecule has 0 fully saturated rings. The van der Waals surface area contributed by atoms with Gasteiger partial charge < -0.3 is 32.9 Å². The van der Waals surface area contributed by atoms with Gasteiger partial charge in [0.05, 0.1) is 80.6 Å². The summed E-state index contributed by atoms with van der Waals surface area (Å²) < 4.78 is 34.6. The minimum atomic E-state index is -0.334. The zero-order valence-corrected chi connectivity index (χ0v) is 35.5. The van der Waals surface area contributed by atoms with E-state index in [2.05, 4.69) is 28.1 Å². The molecular weight excluding hydrogens is 767 g/mol. The number of carbonyl (C=O) groups excluding carboxylic acids is 4. The first-order valence-electron chi connectivity index (χ1n) is 21.3. The highest BCUT2D eigenvalue weighted by molar-refractivity contribution is 6.41. The molecule has 2 aliphatic heterocycles. The predicted molar refractivity (Wildman–Crippen MR) is 230 cm³/mol. The number of likely N-dealkylation sites (N-methyl/N-ethyl adjacent to an activating group) is 1. The van der Waals surface area contributed by atoms with Crippen molar-refractivity contribution < 1.29 is 52.1 Å². The largest absolute Gasteiger partial charge is 0.379 e. The van der Waals surface area contributed by atoms with Gasteiger partial charge in [0.2, 0.25) is 0 Å². The van der Waals surface area contributed by atoms with Crippen molar-refractivity contribution >= 4 is 66.7 Å². The van der Waals surface area contributed by atoms with Crippen molar-refractivity contribution in [1.29, 1.82) is 0 Å². The van der Waals surface area contributed by atoms with Crippen LogP contribution in [-0.2, 0) is 28.4 Å². The van der Waals surface area contributed by atoms with Crippen LogP contribution in [0, 0.1) is 0 Å². The molecule has 0 atom stereocenters. The van der Waals surface area contributed by atoms with Gasteiger partial charge >= 0.3 is 0 Å². The average Bonchev–Trinajstić information content (AvgIpc) is 3.23. The first-order valence-corrected chi connectivity index (χ1v) is 21.3. The number of benzene rings is 5. The molecule has 0 spiro atoms. The van der Waals surface area contributed by atoms with Gasteiger partial charge in [-0.1, -0.05) is 37.6 Å². The number of fused-ring (bicyclic) bond motifs is 2. The fraction of sp³-hybridized carbons (Fsp3) is 0.489. The molecule has 4 amide bonds. The number of quaternary nitrogens is 1. The molecule has 2 heterocycles. The molecule has 0 aliphatic carbocycles. The topological polar surface area (TPSA) is 130 Å². The molecule has 2 aliphatic rings. The fourth-order valence-corrected chi connectivity index (χ4v) is 8.09. The zero-order chi connectivity index (χ0) is 42.2.